The van der Waals surface area contributed by atoms with Gasteiger partial charge >= 0.3 is 6.03 Å². The molecule has 19 heavy (non-hydrogen) atoms. The Hall–Kier alpha value is -2.27. The Balaban J connectivity index is 1.86. The minimum Gasteiger partial charge on any atom is -0.467 e. The Morgan fingerprint density at radius 2 is 2.00 bits per heavy atom. The van der Waals surface area contributed by atoms with Crippen molar-refractivity contribution >= 4 is 6.03 Å². The van der Waals surface area contributed by atoms with E-state index < -0.39 is 6.04 Å². The van der Waals surface area contributed by atoms with Gasteiger partial charge in [-0.1, -0.05) is 30.3 Å². The summed E-state index contributed by atoms with van der Waals surface area (Å²) < 4.78 is 5.11. The van der Waals surface area contributed by atoms with E-state index in [0.29, 0.717) is 12.3 Å². The predicted molar refractivity (Wildman–Crippen MR) is 70.3 cm³/mol. The van der Waals surface area contributed by atoms with E-state index in [4.69, 9.17) is 4.42 Å². The van der Waals surface area contributed by atoms with Crippen molar-refractivity contribution < 1.29 is 14.3 Å². The summed E-state index contributed by atoms with van der Waals surface area (Å²) in [5.74, 6) is 0.676. The SMILES string of the molecule is O=C(NCc1ccco1)NC(CO)c1ccccc1. The largest absolute Gasteiger partial charge is 0.467 e. The van der Waals surface area contributed by atoms with Crippen LogP contribution in [0.3, 0.4) is 0 Å². The van der Waals surface area contributed by atoms with Crippen LogP contribution >= 0.6 is 0 Å². The molecule has 1 heterocycles. The number of nitrogens with one attached hydrogen (secondary N) is 2. The molecule has 0 saturated carbocycles. The molecule has 1 unspecified atom stereocenters. The van der Waals surface area contributed by atoms with Gasteiger partial charge in [0, 0.05) is 0 Å². The third-order valence-electron chi connectivity index (χ3n) is 2.69. The van der Waals surface area contributed by atoms with Gasteiger partial charge in [0.05, 0.1) is 25.5 Å². The lowest BCUT2D eigenvalue weighted by Crippen LogP contribution is -2.38. The molecule has 0 spiro atoms. The van der Waals surface area contributed by atoms with E-state index in [1.807, 2.05) is 30.3 Å². The maximum atomic E-state index is 11.7. The Morgan fingerprint density at radius 3 is 2.63 bits per heavy atom. The molecular formula is C14H16N2O3. The Morgan fingerprint density at radius 1 is 1.21 bits per heavy atom. The van der Waals surface area contributed by atoms with E-state index in [9.17, 15) is 9.90 Å². The predicted octanol–water partition coefficient (Wildman–Crippen LogP) is 1.81. The number of amides is 2. The monoisotopic (exact) mass is 260 g/mol. The Kier molecular flexibility index (Phi) is 4.58. The molecule has 0 aliphatic rings. The van der Waals surface area contributed by atoms with E-state index in [0.717, 1.165) is 5.56 Å². The second kappa shape index (κ2) is 6.61. The van der Waals surface area contributed by atoms with Gasteiger partial charge < -0.3 is 20.2 Å². The van der Waals surface area contributed by atoms with Crippen molar-refractivity contribution in [1.82, 2.24) is 10.6 Å². The van der Waals surface area contributed by atoms with Crippen LogP contribution in [-0.4, -0.2) is 17.7 Å². The third-order valence-corrected chi connectivity index (χ3v) is 2.69. The summed E-state index contributed by atoms with van der Waals surface area (Å²) in [7, 11) is 0. The number of urea groups is 1. The number of hydrogen-bond donors (Lipinski definition) is 3. The van der Waals surface area contributed by atoms with E-state index in [-0.39, 0.29) is 12.6 Å². The van der Waals surface area contributed by atoms with Crippen molar-refractivity contribution in [3.63, 3.8) is 0 Å². The zero-order chi connectivity index (χ0) is 13.5. The standard InChI is InChI=1S/C14H16N2O3/c17-10-13(11-5-2-1-3-6-11)16-14(18)15-9-12-7-4-8-19-12/h1-8,13,17H,9-10H2,(H2,15,16,18). The molecule has 0 saturated heterocycles. The quantitative estimate of drug-likeness (QED) is 0.767. The molecule has 5 nitrogen and oxygen atoms in total. The summed E-state index contributed by atoms with van der Waals surface area (Å²) in [6.45, 7) is 0.157. The molecule has 1 atom stereocenters. The van der Waals surface area contributed by atoms with Gasteiger partial charge in [-0.15, -0.1) is 0 Å². The van der Waals surface area contributed by atoms with Crippen LogP contribution in [0.5, 0.6) is 0 Å². The van der Waals surface area contributed by atoms with Gasteiger partial charge in [0.2, 0.25) is 0 Å². The van der Waals surface area contributed by atoms with Crippen LogP contribution in [0.4, 0.5) is 4.79 Å². The molecule has 0 radical (unpaired) electrons. The van der Waals surface area contributed by atoms with Crippen LogP contribution in [0.2, 0.25) is 0 Å². The molecule has 0 aliphatic heterocycles. The highest BCUT2D eigenvalue weighted by Gasteiger charge is 2.12. The average Bonchev–Trinajstić information content (AvgIpc) is 2.97. The van der Waals surface area contributed by atoms with Crippen molar-refractivity contribution in [2.45, 2.75) is 12.6 Å². The third kappa shape index (κ3) is 3.86. The van der Waals surface area contributed by atoms with E-state index in [1.54, 1.807) is 18.4 Å². The summed E-state index contributed by atoms with van der Waals surface area (Å²) in [4.78, 5) is 11.7. The maximum absolute atomic E-state index is 11.7. The highest BCUT2D eigenvalue weighted by molar-refractivity contribution is 5.74. The molecule has 1 aromatic carbocycles. The maximum Gasteiger partial charge on any atom is 0.315 e. The Bertz CT molecular complexity index is 497. The van der Waals surface area contributed by atoms with Gasteiger partial charge in [-0.3, -0.25) is 0 Å². The fourth-order valence-electron chi connectivity index (χ4n) is 1.71. The minimum absolute atomic E-state index is 0.155. The van der Waals surface area contributed by atoms with Gasteiger partial charge in [0.15, 0.2) is 0 Å². The zero-order valence-corrected chi connectivity index (χ0v) is 10.4. The Labute approximate surface area is 111 Å². The first-order valence-electron chi connectivity index (χ1n) is 6.02. The highest BCUT2D eigenvalue weighted by Crippen LogP contribution is 2.11. The summed E-state index contributed by atoms with van der Waals surface area (Å²) in [6.07, 6.45) is 1.55. The summed E-state index contributed by atoms with van der Waals surface area (Å²) in [5, 5.41) is 14.7. The lowest BCUT2D eigenvalue weighted by Gasteiger charge is -2.16. The number of hydrogen-bond acceptors (Lipinski definition) is 3. The molecule has 0 fully saturated rings. The zero-order valence-electron chi connectivity index (χ0n) is 10.4. The topological polar surface area (TPSA) is 74.5 Å². The highest BCUT2D eigenvalue weighted by atomic mass is 16.3. The molecule has 2 rings (SSSR count). The van der Waals surface area contributed by atoms with Crippen LogP contribution in [0.1, 0.15) is 17.4 Å². The van der Waals surface area contributed by atoms with Crippen molar-refractivity contribution in [3.8, 4) is 0 Å². The van der Waals surface area contributed by atoms with Crippen molar-refractivity contribution in [3.05, 3.63) is 60.1 Å². The summed E-state index contributed by atoms with van der Waals surface area (Å²) in [5.41, 5.74) is 0.859. The van der Waals surface area contributed by atoms with E-state index >= 15 is 0 Å². The lowest BCUT2D eigenvalue weighted by atomic mass is 10.1. The molecule has 5 heteroatoms. The van der Waals surface area contributed by atoms with Crippen LogP contribution in [-0.2, 0) is 6.54 Å². The molecule has 0 bridgehead atoms. The average molecular weight is 260 g/mol. The number of aliphatic hydroxyl groups is 1. The van der Waals surface area contributed by atoms with Crippen molar-refractivity contribution in [2.24, 2.45) is 0 Å². The van der Waals surface area contributed by atoms with Crippen LogP contribution in [0.25, 0.3) is 0 Å². The second-order valence-electron chi connectivity index (χ2n) is 4.05. The van der Waals surface area contributed by atoms with Crippen molar-refractivity contribution in [1.29, 1.82) is 0 Å². The van der Waals surface area contributed by atoms with Crippen LogP contribution in [0.15, 0.2) is 53.1 Å². The van der Waals surface area contributed by atoms with Crippen LogP contribution in [0, 0.1) is 0 Å². The van der Waals surface area contributed by atoms with Gasteiger partial charge in [0.1, 0.15) is 5.76 Å². The fraction of sp³-hybridized carbons (Fsp3) is 0.214. The van der Waals surface area contributed by atoms with Gasteiger partial charge in [-0.25, -0.2) is 4.79 Å². The van der Waals surface area contributed by atoms with Gasteiger partial charge in [0.25, 0.3) is 0 Å². The first-order valence-corrected chi connectivity index (χ1v) is 6.02. The lowest BCUT2D eigenvalue weighted by molar-refractivity contribution is 0.216. The van der Waals surface area contributed by atoms with Gasteiger partial charge in [-0.05, 0) is 17.7 Å². The summed E-state index contributed by atoms with van der Waals surface area (Å²) in [6, 6.07) is 12.1. The van der Waals surface area contributed by atoms with E-state index in [2.05, 4.69) is 10.6 Å². The molecule has 100 valence electrons. The summed E-state index contributed by atoms with van der Waals surface area (Å²) >= 11 is 0. The van der Waals surface area contributed by atoms with Crippen LogP contribution < -0.4 is 10.6 Å². The van der Waals surface area contributed by atoms with Gasteiger partial charge in [-0.2, -0.15) is 0 Å². The first-order chi connectivity index (χ1) is 9.29. The van der Waals surface area contributed by atoms with Crippen molar-refractivity contribution in [2.75, 3.05) is 6.61 Å². The normalized spacial score (nSPS) is 11.8. The first kappa shape index (κ1) is 13.2. The molecule has 3 N–H and O–H groups in total. The smallest absolute Gasteiger partial charge is 0.315 e. The molecule has 0 aliphatic carbocycles. The number of furan rings is 1. The number of benzene rings is 1. The van der Waals surface area contributed by atoms with E-state index in [1.165, 1.54) is 0 Å². The molecular weight excluding hydrogens is 244 g/mol. The number of aliphatic hydroxyl groups excluding tert-OH is 1. The fourth-order valence-corrected chi connectivity index (χ4v) is 1.71. The molecule has 2 aromatic rings. The number of carbonyl (C=O) groups is 1. The number of carbonyl (C=O) groups excluding carboxylic acids is 1. The molecule has 2 amide bonds. The molecule has 1 aromatic heterocycles. The minimum atomic E-state index is -0.419. The number of rotatable bonds is 5. The second-order valence-corrected chi connectivity index (χ2v) is 4.05.